The lowest BCUT2D eigenvalue weighted by Gasteiger charge is -2.29. The molecule has 1 heterocycles. The van der Waals surface area contributed by atoms with Gasteiger partial charge in [0.05, 0.1) is 0 Å². The number of ketones is 1. The van der Waals surface area contributed by atoms with Crippen molar-refractivity contribution >= 4 is 29.0 Å². The van der Waals surface area contributed by atoms with Crippen LogP contribution in [0.15, 0.2) is 66.4 Å². The third kappa shape index (κ3) is 3.43. The average Bonchev–Trinajstić information content (AvgIpc) is 2.58. The van der Waals surface area contributed by atoms with Gasteiger partial charge in [-0.3, -0.25) is 9.59 Å². The molecule has 1 fully saturated rings. The van der Waals surface area contributed by atoms with Crippen LogP contribution < -0.4 is 10.2 Å². The van der Waals surface area contributed by atoms with Gasteiger partial charge >= 0.3 is 0 Å². The number of carbonyl (C=O) groups excluding carboxylic acids is 2. The minimum atomic E-state index is -0.229. The second kappa shape index (κ2) is 6.67. The number of amides is 1. The summed E-state index contributed by atoms with van der Waals surface area (Å²) in [5, 5.41) is 3.57. The lowest BCUT2D eigenvalue weighted by atomic mass is 10.1. The number of benzene rings is 2. The summed E-state index contributed by atoms with van der Waals surface area (Å²) in [7, 11) is 0. The van der Waals surface area contributed by atoms with E-state index in [-0.39, 0.29) is 11.7 Å². The Morgan fingerprint density at radius 1 is 1.09 bits per heavy atom. The number of allylic oxidation sites excluding steroid dienone is 1. The molecule has 0 unspecified atom stereocenters. The first-order valence-electron chi connectivity index (χ1n) is 7.27. The summed E-state index contributed by atoms with van der Waals surface area (Å²) in [5.74, 6) is -0.433. The molecule has 2 aromatic rings. The van der Waals surface area contributed by atoms with Gasteiger partial charge in [0.15, 0.2) is 5.78 Å². The Bertz CT molecular complexity index is 754. The fourth-order valence-electron chi connectivity index (χ4n) is 2.42. The highest BCUT2D eigenvalue weighted by molar-refractivity contribution is 6.30. The normalized spacial score (nSPS) is 16.3. The molecular weight excluding hydrogens is 312 g/mol. The zero-order valence-electron chi connectivity index (χ0n) is 12.3. The number of hydrogen-bond donors (Lipinski definition) is 1. The van der Waals surface area contributed by atoms with E-state index in [1.54, 1.807) is 29.2 Å². The molecule has 1 aliphatic heterocycles. The Morgan fingerprint density at radius 3 is 2.48 bits per heavy atom. The van der Waals surface area contributed by atoms with Crippen LogP contribution in [0, 0.1) is 0 Å². The van der Waals surface area contributed by atoms with Crippen molar-refractivity contribution in [2.75, 3.05) is 18.0 Å². The van der Waals surface area contributed by atoms with Crippen molar-refractivity contribution in [3.63, 3.8) is 0 Å². The van der Waals surface area contributed by atoms with E-state index in [1.165, 1.54) is 6.08 Å². The first-order valence-corrected chi connectivity index (χ1v) is 7.65. The van der Waals surface area contributed by atoms with Crippen molar-refractivity contribution in [1.82, 2.24) is 5.32 Å². The van der Waals surface area contributed by atoms with Crippen LogP contribution in [0.2, 0.25) is 5.02 Å². The summed E-state index contributed by atoms with van der Waals surface area (Å²) in [6, 6.07) is 16.0. The van der Waals surface area contributed by atoms with Gasteiger partial charge in [0.25, 0.3) is 5.91 Å². The minimum absolute atomic E-state index is 0.204. The van der Waals surface area contributed by atoms with Gasteiger partial charge < -0.3 is 10.2 Å². The molecule has 23 heavy (non-hydrogen) atoms. The second-order valence-electron chi connectivity index (χ2n) is 5.15. The van der Waals surface area contributed by atoms with Gasteiger partial charge in [-0.15, -0.1) is 0 Å². The number of hydrogen-bond acceptors (Lipinski definition) is 3. The van der Waals surface area contributed by atoms with E-state index in [0.717, 1.165) is 5.69 Å². The molecule has 0 saturated carbocycles. The standard InChI is InChI=1S/C18H15ClN2O2/c19-14-8-6-13(7-9-14)17(22)12-16-18(23)21(11-10-20-16)15-4-2-1-3-5-15/h1-9,12,20H,10-11H2/b16-12-. The second-order valence-corrected chi connectivity index (χ2v) is 5.58. The third-order valence-electron chi connectivity index (χ3n) is 3.60. The quantitative estimate of drug-likeness (QED) is 0.696. The Morgan fingerprint density at radius 2 is 1.78 bits per heavy atom. The Kier molecular flexibility index (Phi) is 4.44. The zero-order valence-corrected chi connectivity index (χ0v) is 13.1. The molecule has 5 heteroatoms. The van der Waals surface area contributed by atoms with Crippen molar-refractivity contribution in [2.24, 2.45) is 0 Å². The Labute approximate surface area is 139 Å². The summed E-state index contributed by atoms with van der Waals surface area (Å²) in [4.78, 5) is 26.5. The van der Waals surface area contributed by atoms with Crippen LogP contribution in [-0.4, -0.2) is 24.8 Å². The van der Waals surface area contributed by atoms with Crippen molar-refractivity contribution in [3.8, 4) is 0 Å². The first kappa shape index (κ1) is 15.3. The fourth-order valence-corrected chi connectivity index (χ4v) is 2.55. The molecule has 4 nitrogen and oxygen atoms in total. The van der Waals surface area contributed by atoms with Crippen LogP contribution in [-0.2, 0) is 4.79 Å². The molecule has 116 valence electrons. The molecule has 3 rings (SSSR count). The summed E-state index contributed by atoms with van der Waals surface area (Å²) < 4.78 is 0. The molecule has 0 bridgehead atoms. The molecular formula is C18H15ClN2O2. The van der Waals surface area contributed by atoms with Crippen LogP contribution in [0.25, 0.3) is 0 Å². The molecule has 1 N–H and O–H groups in total. The van der Waals surface area contributed by atoms with Crippen LogP contribution >= 0.6 is 11.6 Å². The van der Waals surface area contributed by atoms with Crippen molar-refractivity contribution in [3.05, 3.63) is 77.0 Å². The Balaban J connectivity index is 1.83. The van der Waals surface area contributed by atoms with Crippen molar-refractivity contribution in [1.29, 1.82) is 0 Å². The molecule has 0 atom stereocenters. The molecule has 0 radical (unpaired) electrons. The molecule has 1 aliphatic rings. The van der Waals surface area contributed by atoms with E-state index in [4.69, 9.17) is 11.6 Å². The number of anilines is 1. The van der Waals surface area contributed by atoms with Crippen molar-refractivity contribution in [2.45, 2.75) is 0 Å². The van der Waals surface area contributed by atoms with E-state index in [1.807, 2.05) is 30.3 Å². The van der Waals surface area contributed by atoms with E-state index >= 15 is 0 Å². The van der Waals surface area contributed by atoms with Crippen molar-refractivity contribution < 1.29 is 9.59 Å². The molecule has 0 aliphatic carbocycles. The summed E-state index contributed by atoms with van der Waals surface area (Å²) in [5.41, 5.74) is 1.62. The van der Waals surface area contributed by atoms with E-state index in [0.29, 0.717) is 29.4 Å². The van der Waals surface area contributed by atoms with Gasteiger partial charge in [-0.25, -0.2) is 0 Å². The first-order chi connectivity index (χ1) is 11.1. The number of nitrogens with one attached hydrogen (secondary N) is 1. The van der Waals surface area contributed by atoms with Gasteiger partial charge in [-0.2, -0.15) is 0 Å². The molecule has 0 aromatic heterocycles. The number of halogens is 1. The van der Waals surface area contributed by atoms with Gasteiger partial charge in [-0.1, -0.05) is 29.8 Å². The predicted molar refractivity (Wildman–Crippen MR) is 90.7 cm³/mol. The molecule has 0 spiro atoms. The Hall–Kier alpha value is -2.59. The topological polar surface area (TPSA) is 49.4 Å². The number of nitrogens with zero attached hydrogens (tertiary/aromatic N) is 1. The SMILES string of the molecule is O=C(/C=C1\NCCN(c2ccccc2)C1=O)c1ccc(Cl)cc1. The molecule has 2 aromatic carbocycles. The number of piperazine rings is 1. The lowest BCUT2D eigenvalue weighted by molar-refractivity contribution is -0.116. The van der Waals surface area contributed by atoms with Gasteiger partial charge in [0, 0.05) is 35.4 Å². The van der Waals surface area contributed by atoms with E-state index in [2.05, 4.69) is 5.32 Å². The smallest absolute Gasteiger partial charge is 0.274 e. The summed E-state index contributed by atoms with van der Waals surface area (Å²) >= 11 is 5.82. The number of carbonyl (C=O) groups is 2. The van der Waals surface area contributed by atoms with Crippen LogP contribution in [0.5, 0.6) is 0 Å². The minimum Gasteiger partial charge on any atom is -0.379 e. The maximum atomic E-state index is 12.6. The number of rotatable bonds is 3. The largest absolute Gasteiger partial charge is 0.379 e. The van der Waals surface area contributed by atoms with Gasteiger partial charge in [-0.05, 0) is 36.4 Å². The molecule has 1 saturated heterocycles. The van der Waals surface area contributed by atoms with Gasteiger partial charge in [0.1, 0.15) is 5.70 Å². The summed E-state index contributed by atoms with van der Waals surface area (Å²) in [6.07, 6.45) is 1.35. The lowest BCUT2D eigenvalue weighted by Crippen LogP contribution is -2.46. The van der Waals surface area contributed by atoms with Crippen LogP contribution in [0.3, 0.4) is 0 Å². The highest BCUT2D eigenvalue weighted by Gasteiger charge is 2.24. The monoisotopic (exact) mass is 326 g/mol. The average molecular weight is 327 g/mol. The third-order valence-corrected chi connectivity index (χ3v) is 3.85. The zero-order chi connectivity index (χ0) is 16.2. The highest BCUT2D eigenvalue weighted by atomic mass is 35.5. The maximum Gasteiger partial charge on any atom is 0.274 e. The van der Waals surface area contributed by atoms with Crippen LogP contribution in [0.1, 0.15) is 10.4 Å². The van der Waals surface area contributed by atoms with Crippen LogP contribution in [0.4, 0.5) is 5.69 Å². The fraction of sp³-hybridized carbons (Fsp3) is 0.111. The predicted octanol–water partition coefficient (Wildman–Crippen LogP) is 3.04. The highest BCUT2D eigenvalue weighted by Crippen LogP contribution is 2.18. The number of para-hydroxylation sites is 1. The maximum absolute atomic E-state index is 12.6. The summed E-state index contributed by atoms with van der Waals surface area (Å²) in [6.45, 7) is 1.16. The molecule has 1 amide bonds. The van der Waals surface area contributed by atoms with E-state index in [9.17, 15) is 9.59 Å². The van der Waals surface area contributed by atoms with Gasteiger partial charge in [0.2, 0.25) is 0 Å². The van der Waals surface area contributed by atoms with E-state index < -0.39 is 0 Å².